The molecule has 0 fully saturated rings. The van der Waals surface area contributed by atoms with E-state index in [2.05, 4.69) is 46.2 Å². The van der Waals surface area contributed by atoms with Gasteiger partial charge in [-0.2, -0.15) is 0 Å². The van der Waals surface area contributed by atoms with Crippen LogP contribution in [-0.4, -0.2) is 32.3 Å². The fourth-order valence-corrected chi connectivity index (χ4v) is 1.72. The van der Waals surface area contributed by atoms with Crippen molar-refractivity contribution in [2.24, 2.45) is 0 Å². The van der Waals surface area contributed by atoms with Crippen molar-refractivity contribution in [2.45, 2.75) is 0 Å². The highest BCUT2D eigenvalue weighted by molar-refractivity contribution is 9.10. The van der Waals surface area contributed by atoms with Gasteiger partial charge in [0.25, 0.3) is 0 Å². The molecule has 4 N–H and O–H groups in total. The number of hydrazine groups is 1. The van der Waals surface area contributed by atoms with E-state index in [-0.39, 0.29) is 0 Å². The van der Waals surface area contributed by atoms with Gasteiger partial charge in [-0.05, 0) is 30.4 Å². The van der Waals surface area contributed by atoms with Crippen molar-refractivity contribution in [1.82, 2.24) is 10.7 Å². The normalized spacial score (nSPS) is 10.1. The lowest BCUT2D eigenvalue weighted by molar-refractivity contribution is -0.856. The molecule has 0 saturated carbocycles. The Morgan fingerprint density at radius 3 is 2.82 bits per heavy atom. The zero-order chi connectivity index (χ0) is 12.7. The van der Waals surface area contributed by atoms with Gasteiger partial charge >= 0.3 is 0 Å². The second-order valence-corrected chi connectivity index (χ2v) is 5.30. The van der Waals surface area contributed by atoms with Crippen LogP contribution in [-0.2, 0) is 0 Å². The predicted octanol–water partition coefficient (Wildman–Crippen LogP) is 0.385. The van der Waals surface area contributed by atoms with Crippen LogP contribution in [0.4, 0.5) is 5.69 Å². The van der Waals surface area contributed by atoms with Crippen molar-refractivity contribution < 1.29 is 4.90 Å². The number of rotatable bonds is 5. The Hall–Kier alpha value is -0.850. The number of thiocarbonyl (C=S) groups is 1. The molecule has 1 aromatic rings. The van der Waals surface area contributed by atoms with E-state index in [1.165, 1.54) is 4.90 Å². The van der Waals surface area contributed by atoms with Gasteiger partial charge < -0.3 is 10.2 Å². The van der Waals surface area contributed by atoms with Crippen LogP contribution in [0, 0.1) is 0 Å². The molecule has 4 nitrogen and oxygen atoms in total. The monoisotopic (exact) mass is 317 g/mol. The molecule has 0 spiro atoms. The molecule has 0 aliphatic heterocycles. The molecular formula is C11H18BrN4S+. The maximum atomic E-state index is 5.13. The minimum atomic E-state index is 0.603. The number of likely N-dealkylation sites (N-methyl/N-ethyl adjacent to an activating group) is 1. The zero-order valence-corrected chi connectivity index (χ0v) is 12.4. The Morgan fingerprint density at radius 2 is 2.18 bits per heavy atom. The molecule has 0 unspecified atom stereocenters. The summed E-state index contributed by atoms with van der Waals surface area (Å²) in [5.74, 6) is 0. The number of hydrogen-bond acceptors (Lipinski definition) is 2. The first-order valence-corrected chi connectivity index (χ1v) is 6.62. The van der Waals surface area contributed by atoms with E-state index in [0.717, 1.165) is 23.2 Å². The highest BCUT2D eigenvalue weighted by Crippen LogP contribution is 2.14. The van der Waals surface area contributed by atoms with Crippen LogP contribution in [0.15, 0.2) is 28.7 Å². The van der Waals surface area contributed by atoms with Gasteiger partial charge in [-0.3, -0.25) is 10.9 Å². The molecule has 0 heterocycles. The van der Waals surface area contributed by atoms with Gasteiger partial charge in [0.1, 0.15) is 0 Å². The average Bonchev–Trinajstić information content (AvgIpc) is 2.26. The first-order valence-electron chi connectivity index (χ1n) is 5.42. The second kappa shape index (κ2) is 7.47. The van der Waals surface area contributed by atoms with Crippen LogP contribution < -0.4 is 21.1 Å². The average molecular weight is 318 g/mol. The molecule has 94 valence electrons. The minimum absolute atomic E-state index is 0.603. The fraction of sp³-hybridized carbons (Fsp3) is 0.364. The summed E-state index contributed by atoms with van der Waals surface area (Å²) in [6.45, 7) is 1.88. The Balaban J connectivity index is 2.24. The SMILES string of the molecule is C[NH+](C)CCNC(=S)NNc1cccc(Br)c1. The van der Waals surface area contributed by atoms with E-state index >= 15 is 0 Å². The van der Waals surface area contributed by atoms with Crippen LogP contribution in [0.25, 0.3) is 0 Å². The summed E-state index contributed by atoms with van der Waals surface area (Å²) in [4.78, 5) is 1.39. The highest BCUT2D eigenvalue weighted by atomic mass is 79.9. The lowest BCUT2D eigenvalue weighted by atomic mass is 10.3. The Bertz CT molecular complexity index is 370. The van der Waals surface area contributed by atoms with E-state index in [4.69, 9.17) is 12.2 Å². The number of halogens is 1. The minimum Gasteiger partial charge on any atom is -0.356 e. The number of hydrogen-bond donors (Lipinski definition) is 4. The molecule has 17 heavy (non-hydrogen) atoms. The predicted molar refractivity (Wildman–Crippen MR) is 79.2 cm³/mol. The molecule has 0 aromatic heterocycles. The zero-order valence-electron chi connectivity index (χ0n) is 10.0. The lowest BCUT2D eigenvalue weighted by Gasteiger charge is -2.13. The molecule has 0 aliphatic carbocycles. The molecule has 1 aromatic carbocycles. The van der Waals surface area contributed by atoms with Gasteiger partial charge in [0.05, 0.1) is 32.9 Å². The van der Waals surface area contributed by atoms with Crippen molar-refractivity contribution in [3.63, 3.8) is 0 Å². The molecule has 0 aliphatic rings. The molecule has 0 saturated heterocycles. The number of quaternary nitrogens is 1. The Morgan fingerprint density at radius 1 is 1.41 bits per heavy atom. The molecule has 1 rings (SSSR count). The summed E-state index contributed by atoms with van der Waals surface area (Å²) < 4.78 is 1.03. The number of nitrogens with one attached hydrogen (secondary N) is 4. The molecule has 0 atom stereocenters. The molecule has 0 radical (unpaired) electrons. The highest BCUT2D eigenvalue weighted by Gasteiger charge is 1.97. The maximum absolute atomic E-state index is 5.13. The van der Waals surface area contributed by atoms with E-state index < -0.39 is 0 Å². The quantitative estimate of drug-likeness (QED) is 0.468. The van der Waals surface area contributed by atoms with Crippen molar-refractivity contribution in [1.29, 1.82) is 0 Å². The Labute approximate surface area is 116 Å². The molecule has 6 heteroatoms. The van der Waals surface area contributed by atoms with Gasteiger partial charge in [0.15, 0.2) is 5.11 Å². The fourth-order valence-electron chi connectivity index (χ4n) is 1.17. The summed E-state index contributed by atoms with van der Waals surface area (Å²) in [5.41, 5.74) is 6.93. The van der Waals surface area contributed by atoms with Crippen LogP contribution in [0.1, 0.15) is 0 Å². The smallest absolute Gasteiger partial charge is 0.185 e. The third kappa shape index (κ3) is 6.45. The Kier molecular flexibility index (Phi) is 6.25. The number of anilines is 1. The third-order valence-corrected chi connectivity index (χ3v) is 2.80. The van der Waals surface area contributed by atoms with Gasteiger partial charge in [-0.15, -0.1) is 0 Å². The maximum Gasteiger partial charge on any atom is 0.185 e. The third-order valence-electron chi connectivity index (χ3n) is 2.06. The van der Waals surface area contributed by atoms with Crippen molar-refractivity contribution in [2.75, 3.05) is 32.6 Å². The summed E-state index contributed by atoms with van der Waals surface area (Å²) in [7, 11) is 4.22. The topological polar surface area (TPSA) is 40.5 Å². The van der Waals surface area contributed by atoms with E-state index in [1.807, 2.05) is 24.3 Å². The first-order chi connectivity index (χ1) is 8.08. The largest absolute Gasteiger partial charge is 0.356 e. The summed E-state index contributed by atoms with van der Waals surface area (Å²) in [6.07, 6.45) is 0. The van der Waals surface area contributed by atoms with Crippen molar-refractivity contribution >= 4 is 38.9 Å². The van der Waals surface area contributed by atoms with Gasteiger partial charge in [-0.25, -0.2) is 0 Å². The van der Waals surface area contributed by atoms with Crippen LogP contribution in [0.5, 0.6) is 0 Å². The standard InChI is InChI=1S/C11H17BrN4S/c1-16(2)7-6-13-11(17)15-14-10-5-3-4-9(12)8-10/h3-5,8,14H,6-7H2,1-2H3,(H2,13,15,17)/p+1. The van der Waals surface area contributed by atoms with E-state index in [9.17, 15) is 0 Å². The summed E-state index contributed by atoms with van der Waals surface area (Å²) >= 11 is 8.54. The molecule has 0 amide bonds. The number of benzene rings is 1. The van der Waals surface area contributed by atoms with Crippen LogP contribution in [0.2, 0.25) is 0 Å². The van der Waals surface area contributed by atoms with Crippen LogP contribution >= 0.6 is 28.1 Å². The van der Waals surface area contributed by atoms with Gasteiger partial charge in [-0.1, -0.05) is 22.0 Å². The van der Waals surface area contributed by atoms with Crippen molar-refractivity contribution in [3.8, 4) is 0 Å². The van der Waals surface area contributed by atoms with E-state index in [1.54, 1.807) is 0 Å². The van der Waals surface area contributed by atoms with Gasteiger partial charge in [0.2, 0.25) is 0 Å². The lowest BCUT2D eigenvalue weighted by Crippen LogP contribution is -3.06. The second-order valence-electron chi connectivity index (χ2n) is 3.97. The van der Waals surface area contributed by atoms with Crippen molar-refractivity contribution in [3.05, 3.63) is 28.7 Å². The molecule has 0 bridgehead atoms. The first kappa shape index (κ1) is 14.2. The summed E-state index contributed by atoms with van der Waals surface area (Å²) in [6, 6.07) is 7.87. The molecular weight excluding hydrogens is 300 g/mol. The van der Waals surface area contributed by atoms with Crippen LogP contribution in [0.3, 0.4) is 0 Å². The van der Waals surface area contributed by atoms with Gasteiger partial charge in [0, 0.05) is 4.47 Å². The summed E-state index contributed by atoms with van der Waals surface area (Å²) in [5, 5.41) is 3.73. The van der Waals surface area contributed by atoms with E-state index in [0.29, 0.717) is 5.11 Å².